The minimum absolute atomic E-state index is 0.223. The molecule has 2 aromatic carbocycles. The lowest BCUT2D eigenvalue weighted by Gasteiger charge is -2.35. The number of rotatable bonds is 9. The van der Waals surface area contributed by atoms with E-state index < -0.39 is 0 Å². The number of morpholine rings is 1. The summed E-state index contributed by atoms with van der Waals surface area (Å²) in [5, 5.41) is 3.54. The van der Waals surface area contributed by atoms with Crippen LogP contribution in [0.25, 0.3) is 11.2 Å². The van der Waals surface area contributed by atoms with Crippen LogP contribution in [0.15, 0.2) is 48.8 Å². The molecule has 3 saturated heterocycles. The third kappa shape index (κ3) is 5.99. The summed E-state index contributed by atoms with van der Waals surface area (Å²) in [5.74, 6) is 3.21. The molecule has 13 nitrogen and oxygen atoms in total. The second-order valence-corrected chi connectivity index (χ2v) is 12.2. The minimum Gasteiger partial charge on any atom is -0.454 e. The van der Waals surface area contributed by atoms with Crippen LogP contribution in [0.3, 0.4) is 0 Å². The van der Waals surface area contributed by atoms with E-state index in [0.717, 1.165) is 100 Å². The van der Waals surface area contributed by atoms with Gasteiger partial charge in [-0.25, -0.2) is 4.98 Å². The first kappa shape index (κ1) is 28.8. The van der Waals surface area contributed by atoms with Gasteiger partial charge in [-0.3, -0.25) is 9.69 Å². The van der Waals surface area contributed by atoms with Crippen LogP contribution in [0.1, 0.15) is 18.4 Å². The maximum atomic E-state index is 12.3. The highest BCUT2D eigenvalue weighted by Crippen LogP contribution is 2.33. The maximum Gasteiger partial charge on any atom is 0.231 e. The first-order chi connectivity index (χ1) is 22.7. The van der Waals surface area contributed by atoms with E-state index >= 15 is 0 Å². The number of imidazole rings is 1. The van der Waals surface area contributed by atoms with Gasteiger partial charge >= 0.3 is 0 Å². The first-order valence-corrected chi connectivity index (χ1v) is 16.2. The quantitative estimate of drug-likeness (QED) is 0.296. The van der Waals surface area contributed by atoms with Gasteiger partial charge in [-0.15, -0.1) is 0 Å². The number of nitrogens with zero attached hydrogens (tertiary/aromatic N) is 8. The summed E-state index contributed by atoms with van der Waals surface area (Å²) in [6.07, 6.45) is 3.38. The molecular weight excluding hydrogens is 586 g/mol. The number of likely N-dealkylation sites (tertiary alicyclic amines) is 1. The fraction of sp³-hybridized carbons (Fsp3) is 0.455. The number of fused-ring (bicyclic) bond motifs is 2. The SMILES string of the molecule is O=C1CCCN1CCn1cnc2c(Nc3ccc(N4CCOCC4)cc3)nc(N3CCN(Cc4ccc5c(c4)OCO5)CC3)nc21. The van der Waals surface area contributed by atoms with Crippen molar-refractivity contribution >= 4 is 40.2 Å². The number of aromatic nitrogens is 4. The number of nitrogens with one attached hydrogen (secondary N) is 1. The Morgan fingerprint density at radius 1 is 0.826 bits per heavy atom. The van der Waals surface area contributed by atoms with E-state index in [-0.39, 0.29) is 12.7 Å². The number of benzene rings is 2. The summed E-state index contributed by atoms with van der Waals surface area (Å²) in [4.78, 5) is 36.1. The summed E-state index contributed by atoms with van der Waals surface area (Å²) in [5.41, 5.74) is 4.82. The molecule has 240 valence electrons. The van der Waals surface area contributed by atoms with Crippen molar-refractivity contribution in [2.24, 2.45) is 0 Å². The Morgan fingerprint density at radius 2 is 1.65 bits per heavy atom. The van der Waals surface area contributed by atoms with E-state index in [4.69, 9.17) is 29.2 Å². The van der Waals surface area contributed by atoms with Gasteiger partial charge in [0.15, 0.2) is 28.5 Å². The highest BCUT2D eigenvalue weighted by Gasteiger charge is 2.24. The molecule has 8 rings (SSSR count). The van der Waals surface area contributed by atoms with Gasteiger partial charge in [-0.1, -0.05) is 6.07 Å². The van der Waals surface area contributed by atoms with E-state index in [1.54, 1.807) is 0 Å². The molecule has 0 saturated carbocycles. The Hall–Kier alpha value is -4.62. The van der Waals surface area contributed by atoms with Crippen LogP contribution >= 0.6 is 0 Å². The highest BCUT2D eigenvalue weighted by molar-refractivity contribution is 5.87. The lowest BCUT2D eigenvalue weighted by molar-refractivity contribution is -0.127. The van der Waals surface area contributed by atoms with Gasteiger partial charge in [-0.05, 0) is 48.4 Å². The summed E-state index contributed by atoms with van der Waals surface area (Å²) in [7, 11) is 0. The number of hydrogen-bond donors (Lipinski definition) is 1. The fourth-order valence-electron chi connectivity index (χ4n) is 6.61. The summed E-state index contributed by atoms with van der Waals surface area (Å²) in [6, 6.07) is 14.6. The number of hydrogen-bond acceptors (Lipinski definition) is 11. The Balaban J connectivity index is 1.01. The summed E-state index contributed by atoms with van der Waals surface area (Å²) >= 11 is 0. The van der Waals surface area contributed by atoms with Crippen molar-refractivity contribution in [1.29, 1.82) is 0 Å². The van der Waals surface area contributed by atoms with Crippen LogP contribution in [0.2, 0.25) is 0 Å². The highest BCUT2D eigenvalue weighted by atomic mass is 16.7. The molecule has 2 aromatic heterocycles. The average Bonchev–Trinajstić information content (AvgIpc) is 3.84. The Labute approximate surface area is 267 Å². The molecule has 4 aliphatic rings. The van der Waals surface area contributed by atoms with E-state index in [9.17, 15) is 4.79 Å². The molecule has 3 fully saturated rings. The zero-order valence-electron chi connectivity index (χ0n) is 25.9. The van der Waals surface area contributed by atoms with Crippen molar-refractivity contribution in [3.63, 3.8) is 0 Å². The van der Waals surface area contributed by atoms with Crippen molar-refractivity contribution < 1.29 is 19.0 Å². The summed E-state index contributed by atoms with van der Waals surface area (Å²) in [6.45, 7) is 9.91. The van der Waals surface area contributed by atoms with Crippen molar-refractivity contribution in [2.75, 3.05) is 87.5 Å². The fourth-order valence-corrected chi connectivity index (χ4v) is 6.61. The minimum atomic E-state index is 0.223. The second kappa shape index (κ2) is 12.6. The third-order valence-electron chi connectivity index (χ3n) is 9.24. The van der Waals surface area contributed by atoms with Gasteiger partial charge < -0.3 is 38.8 Å². The van der Waals surface area contributed by atoms with Crippen LogP contribution in [0.5, 0.6) is 11.5 Å². The van der Waals surface area contributed by atoms with Gasteiger partial charge in [-0.2, -0.15) is 9.97 Å². The Kier molecular flexibility index (Phi) is 7.92. The van der Waals surface area contributed by atoms with E-state index in [1.807, 2.05) is 17.3 Å². The van der Waals surface area contributed by atoms with E-state index in [2.05, 4.69) is 61.0 Å². The van der Waals surface area contributed by atoms with Crippen molar-refractivity contribution in [1.82, 2.24) is 29.3 Å². The molecule has 0 spiro atoms. The monoisotopic (exact) mass is 625 g/mol. The number of piperazine rings is 1. The molecular formula is C33H39N9O4. The molecule has 0 atom stereocenters. The molecule has 6 heterocycles. The van der Waals surface area contributed by atoms with Gasteiger partial charge in [0.05, 0.1) is 19.5 Å². The van der Waals surface area contributed by atoms with Crippen LogP contribution in [0.4, 0.5) is 23.1 Å². The lowest BCUT2D eigenvalue weighted by Crippen LogP contribution is -2.46. The molecule has 0 aliphatic carbocycles. The van der Waals surface area contributed by atoms with Crippen molar-refractivity contribution in [3.05, 3.63) is 54.4 Å². The first-order valence-electron chi connectivity index (χ1n) is 16.2. The van der Waals surface area contributed by atoms with Gasteiger partial charge in [0.25, 0.3) is 0 Å². The Bertz CT molecular complexity index is 1700. The molecule has 13 heteroatoms. The topological polar surface area (TPSA) is 113 Å². The molecule has 1 N–H and O–H groups in total. The molecule has 0 unspecified atom stereocenters. The number of anilines is 4. The lowest BCUT2D eigenvalue weighted by atomic mass is 10.1. The van der Waals surface area contributed by atoms with Crippen LogP contribution in [-0.4, -0.2) is 108 Å². The number of ether oxygens (including phenoxy) is 3. The van der Waals surface area contributed by atoms with Gasteiger partial charge in [0.2, 0.25) is 18.6 Å². The standard InChI is InChI=1S/C33H39N9O4/c43-29-2-1-9-40(29)14-15-42-22-34-30-31(35-25-4-6-26(7-5-25)39-16-18-44-19-17-39)36-33(37-32(30)42)41-12-10-38(11-13-41)21-24-3-8-27-28(20-24)46-23-45-27/h3-8,20,22H,1-2,9-19,21,23H2,(H,35,36,37). The molecule has 0 radical (unpaired) electrons. The largest absolute Gasteiger partial charge is 0.454 e. The zero-order valence-corrected chi connectivity index (χ0v) is 25.9. The van der Waals surface area contributed by atoms with Crippen molar-refractivity contribution in [3.8, 4) is 11.5 Å². The van der Waals surface area contributed by atoms with Crippen LogP contribution < -0.4 is 24.6 Å². The second-order valence-electron chi connectivity index (χ2n) is 12.2. The van der Waals surface area contributed by atoms with Gasteiger partial charge in [0, 0.05) is 83.2 Å². The normalized spacial score (nSPS) is 18.6. The zero-order chi connectivity index (χ0) is 30.9. The Morgan fingerprint density at radius 3 is 2.46 bits per heavy atom. The number of carbonyl (C=O) groups is 1. The van der Waals surface area contributed by atoms with E-state index in [0.29, 0.717) is 31.3 Å². The average molecular weight is 626 g/mol. The van der Waals surface area contributed by atoms with Gasteiger partial charge in [0.1, 0.15) is 0 Å². The smallest absolute Gasteiger partial charge is 0.231 e. The molecule has 0 bridgehead atoms. The molecule has 4 aromatic rings. The molecule has 46 heavy (non-hydrogen) atoms. The number of amides is 1. The van der Waals surface area contributed by atoms with Crippen LogP contribution in [-0.2, 0) is 22.6 Å². The predicted octanol–water partition coefficient (Wildman–Crippen LogP) is 3.08. The predicted molar refractivity (Wildman–Crippen MR) is 174 cm³/mol. The maximum absolute atomic E-state index is 12.3. The summed E-state index contributed by atoms with van der Waals surface area (Å²) < 4.78 is 18.6. The molecule has 1 amide bonds. The van der Waals surface area contributed by atoms with E-state index in [1.165, 1.54) is 11.3 Å². The number of carbonyl (C=O) groups excluding carboxylic acids is 1. The van der Waals surface area contributed by atoms with Crippen LogP contribution in [0, 0.1) is 0 Å². The molecule has 4 aliphatic heterocycles. The third-order valence-corrected chi connectivity index (χ3v) is 9.24. The van der Waals surface area contributed by atoms with Crippen molar-refractivity contribution in [2.45, 2.75) is 25.9 Å².